The first-order chi connectivity index (χ1) is 21.5. The van der Waals surface area contributed by atoms with Gasteiger partial charge < -0.3 is 36.1 Å². The Kier molecular flexibility index (Phi) is 9.65. The van der Waals surface area contributed by atoms with E-state index in [-0.39, 0.29) is 30.1 Å². The molecule has 2 fully saturated rings. The predicted octanol–water partition coefficient (Wildman–Crippen LogP) is 3.47. The quantitative estimate of drug-likeness (QED) is 0.199. The Labute approximate surface area is 260 Å². The first kappa shape index (κ1) is 31.9. The smallest absolute Gasteiger partial charge is 0.330 e. The third kappa shape index (κ3) is 8.56. The molecule has 0 spiro atoms. The van der Waals surface area contributed by atoms with Crippen molar-refractivity contribution in [3.63, 3.8) is 0 Å². The molecule has 2 aliphatic carbocycles. The van der Waals surface area contributed by atoms with Gasteiger partial charge in [0.05, 0.1) is 43.1 Å². The zero-order valence-electron chi connectivity index (χ0n) is 25.9. The summed E-state index contributed by atoms with van der Waals surface area (Å²) in [4.78, 5) is 46.1. The maximum Gasteiger partial charge on any atom is 0.330 e. The lowest BCUT2D eigenvalue weighted by Gasteiger charge is -2.30. The van der Waals surface area contributed by atoms with Crippen LogP contribution in [0.5, 0.6) is 0 Å². The van der Waals surface area contributed by atoms with Gasteiger partial charge in [-0.3, -0.25) is 9.78 Å². The van der Waals surface area contributed by atoms with Gasteiger partial charge in [0.2, 0.25) is 0 Å². The molecule has 5 N–H and O–H groups in total. The summed E-state index contributed by atoms with van der Waals surface area (Å²) in [7, 11) is 1.27. The van der Waals surface area contributed by atoms with E-state index in [2.05, 4.69) is 41.7 Å². The highest BCUT2D eigenvalue weighted by molar-refractivity contribution is 6.03. The van der Waals surface area contributed by atoms with E-state index < -0.39 is 35.4 Å². The van der Waals surface area contributed by atoms with Crippen LogP contribution in [0.15, 0.2) is 30.7 Å². The van der Waals surface area contributed by atoms with Gasteiger partial charge in [0.15, 0.2) is 23.2 Å². The number of nitrogens with zero attached hydrogens (tertiary/aromatic N) is 4. The monoisotopic (exact) mass is 625 g/mol. The van der Waals surface area contributed by atoms with Gasteiger partial charge >= 0.3 is 12.0 Å². The number of aromatic nitrogens is 4. The third-order valence-electron chi connectivity index (χ3n) is 7.55. The van der Waals surface area contributed by atoms with Crippen molar-refractivity contribution >= 4 is 40.7 Å². The lowest BCUT2D eigenvalue weighted by Crippen LogP contribution is -2.52. The lowest BCUT2D eigenvalue weighted by molar-refractivity contribution is -0.146. The van der Waals surface area contributed by atoms with Crippen molar-refractivity contribution in [2.75, 3.05) is 29.7 Å². The van der Waals surface area contributed by atoms with Crippen LogP contribution < -0.4 is 26.6 Å². The SMILES string of the molecule is COC(=O)[C@H](COC(C)(C)C)NC(=O)NC1CCC(Nc2cc(NC3CC3)c3ncc(C(=O)Nc4ccncc4F)n3n2)CC1. The number of nitrogens with one attached hydrogen (secondary N) is 5. The number of rotatable bonds is 11. The van der Waals surface area contributed by atoms with E-state index in [1.807, 2.05) is 26.8 Å². The molecule has 0 aromatic carbocycles. The van der Waals surface area contributed by atoms with Crippen molar-refractivity contribution in [2.45, 2.75) is 89.1 Å². The molecule has 15 heteroatoms. The second-order valence-electron chi connectivity index (χ2n) is 12.4. The summed E-state index contributed by atoms with van der Waals surface area (Å²) in [5.74, 6) is -1.22. The van der Waals surface area contributed by atoms with Gasteiger partial charge in [-0.15, -0.1) is 5.10 Å². The van der Waals surface area contributed by atoms with E-state index in [1.54, 1.807) is 0 Å². The normalized spacial score (nSPS) is 19.0. The minimum atomic E-state index is -0.925. The van der Waals surface area contributed by atoms with Crippen LogP contribution in [0.2, 0.25) is 0 Å². The minimum Gasteiger partial charge on any atom is -0.467 e. The van der Waals surface area contributed by atoms with Crippen molar-refractivity contribution in [3.8, 4) is 0 Å². The van der Waals surface area contributed by atoms with Crippen LogP contribution in [0.25, 0.3) is 5.65 Å². The highest BCUT2D eigenvalue weighted by Crippen LogP contribution is 2.30. The number of amides is 3. The Hall–Kier alpha value is -4.53. The topological polar surface area (TPSA) is 173 Å². The number of hydrogen-bond acceptors (Lipinski definition) is 10. The number of esters is 1. The van der Waals surface area contributed by atoms with Crippen molar-refractivity contribution < 1.29 is 28.2 Å². The molecule has 3 aromatic rings. The molecule has 0 aliphatic heterocycles. The van der Waals surface area contributed by atoms with Gasteiger partial charge in [-0.05, 0) is 65.4 Å². The molecule has 3 heterocycles. The molecular formula is C30H40FN9O5. The average Bonchev–Trinajstić information content (AvgIpc) is 3.71. The maximum atomic E-state index is 14.1. The molecule has 0 unspecified atom stereocenters. The number of halogens is 1. The number of carbonyl (C=O) groups excluding carboxylic acids is 3. The number of fused-ring (bicyclic) bond motifs is 1. The van der Waals surface area contributed by atoms with Crippen molar-refractivity contribution in [2.24, 2.45) is 0 Å². The molecule has 5 rings (SSSR count). The molecule has 0 bridgehead atoms. The van der Waals surface area contributed by atoms with Crippen LogP contribution in [0.1, 0.15) is 69.8 Å². The van der Waals surface area contributed by atoms with E-state index in [4.69, 9.17) is 9.47 Å². The summed E-state index contributed by atoms with van der Waals surface area (Å²) in [5, 5.41) is 19.8. The van der Waals surface area contributed by atoms with Gasteiger partial charge in [0.25, 0.3) is 5.91 Å². The van der Waals surface area contributed by atoms with E-state index in [9.17, 15) is 18.8 Å². The first-order valence-electron chi connectivity index (χ1n) is 15.1. The van der Waals surface area contributed by atoms with Crippen LogP contribution >= 0.6 is 0 Å². The molecule has 0 saturated heterocycles. The molecule has 1 atom stereocenters. The summed E-state index contributed by atoms with van der Waals surface area (Å²) >= 11 is 0. The molecular weight excluding hydrogens is 585 g/mol. The van der Waals surface area contributed by atoms with E-state index in [0.717, 1.165) is 37.6 Å². The standard InChI is InChI=1S/C30H40FN9O5/c1-30(2,3)45-16-23(28(42)44-4)38-29(43)36-19-9-7-18(8-10-19)35-25-13-22(34-17-5-6-17)26-33-15-24(40(26)39-25)27(41)37-21-11-12-32-14-20(21)31/h11-15,17-19,23,34H,5-10,16H2,1-4H3,(H,35,39)(H,32,37,41)(H2,36,38,43)/t18?,19?,23-/m0/s1. The highest BCUT2D eigenvalue weighted by atomic mass is 19.1. The first-order valence-corrected chi connectivity index (χ1v) is 15.1. The number of pyridine rings is 1. The Morgan fingerprint density at radius 2 is 1.71 bits per heavy atom. The molecule has 242 valence electrons. The van der Waals surface area contributed by atoms with Crippen LogP contribution in [-0.4, -0.2) is 81.0 Å². The molecule has 3 amide bonds. The van der Waals surface area contributed by atoms with E-state index in [0.29, 0.717) is 30.3 Å². The second kappa shape index (κ2) is 13.6. The van der Waals surface area contributed by atoms with Crippen molar-refractivity contribution in [3.05, 3.63) is 42.2 Å². The fraction of sp³-hybridized carbons (Fsp3) is 0.533. The van der Waals surface area contributed by atoms with Crippen LogP contribution in [0.4, 0.5) is 26.4 Å². The second-order valence-corrected chi connectivity index (χ2v) is 12.4. The van der Waals surface area contributed by atoms with E-state index >= 15 is 0 Å². The maximum absolute atomic E-state index is 14.1. The van der Waals surface area contributed by atoms with Crippen LogP contribution in [-0.2, 0) is 14.3 Å². The lowest BCUT2D eigenvalue weighted by atomic mass is 9.91. The third-order valence-corrected chi connectivity index (χ3v) is 7.55. The zero-order chi connectivity index (χ0) is 32.1. The Morgan fingerprint density at radius 1 is 1.02 bits per heavy atom. The minimum absolute atomic E-state index is 0.00387. The number of hydrogen-bond donors (Lipinski definition) is 5. The van der Waals surface area contributed by atoms with E-state index in [1.165, 1.54) is 30.1 Å². The Balaban J connectivity index is 1.21. The molecule has 2 aliphatic rings. The molecule has 2 saturated carbocycles. The molecule has 0 radical (unpaired) electrons. The number of imidazole rings is 1. The van der Waals surface area contributed by atoms with Crippen LogP contribution in [0.3, 0.4) is 0 Å². The summed E-state index contributed by atoms with van der Waals surface area (Å²) in [5.41, 5.74) is 0.918. The predicted molar refractivity (Wildman–Crippen MR) is 165 cm³/mol. The molecule has 14 nitrogen and oxygen atoms in total. The average molecular weight is 626 g/mol. The highest BCUT2D eigenvalue weighted by Gasteiger charge is 2.29. The van der Waals surface area contributed by atoms with Crippen molar-refractivity contribution in [1.29, 1.82) is 0 Å². The number of anilines is 3. The Bertz CT molecular complexity index is 1530. The number of urea groups is 1. The fourth-order valence-corrected chi connectivity index (χ4v) is 5.03. The van der Waals surface area contributed by atoms with Gasteiger partial charge in [0.1, 0.15) is 5.82 Å². The zero-order valence-corrected chi connectivity index (χ0v) is 25.9. The van der Waals surface area contributed by atoms with Gasteiger partial charge in [0, 0.05) is 30.4 Å². The molecule has 3 aromatic heterocycles. The fourth-order valence-electron chi connectivity index (χ4n) is 5.03. The summed E-state index contributed by atoms with van der Waals surface area (Å²) < 4.78 is 26.1. The summed E-state index contributed by atoms with van der Waals surface area (Å²) in [6.07, 6.45) is 8.84. The van der Waals surface area contributed by atoms with Gasteiger partial charge in [-0.25, -0.2) is 23.5 Å². The number of ether oxygens (including phenoxy) is 2. The number of carbonyl (C=O) groups is 3. The summed E-state index contributed by atoms with van der Waals surface area (Å²) in [6.45, 7) is 5.59. The number of methoxy groups -OCH3 is 1. The van der Waals surface area contributed by atoms with Crippen LogP contribution in [0, 0.1) is 5.82 Å². The van der Waals surface area contributed by atoms with Gasteiger partial charge in [-0.1, -0.05) is 0 Å². The largest absolute Gasteiger partial charge is 0.467 e. The molecule has 45 heavy (non-hydrogen) atoms. The van der Waals surface area contributed by atoms with Gasteiger partial charge in [-0.2, -0.15) is 0 Å². The Morgan fingerprint density at radius 3 is 2.38 bits per heavy atom. The van der Waals surface area contributed by atoms with Crippen molar-refractivity contribution in [1.82, 2.24) is 30.2 Å². The summed E-state index contributed by atoms with van der Waals surface area (Å²) in [6, 6.07) is 2.20.